The molecule has 0 spiro atoms. The zero-order chi connectivity index (χ0) is 14.5. The van der Waals surface area contributed by atoms with Gasteiger partial charge >= 0.3 is 0 Å². The van der Waals surface area contributed by atoms with Crippen molar-refractivity contribution in [2.24, 2.45) is 0 Å². The second-order valence-electron chi connectivity index (χ2n) is 5.07. The number of piperazine rings is 1. The first-order chi connectivity index (χ1) is 9.61. The summed E-state index contributed by atoms with van der Waals surface area (Å²) in [6.45, 7) is 6.67. The number of Topliss-reactive ketones (excluding diaryl/α,β-unsaturated/α-hetero) is 1. The average molecular weight is 297 g/mol. The number of hydrogen-bond acceptors (Lipinski definition) is 4. The molecule has 0 aliphatic carbocycles. The highest BCUT2D eigenvalue weighted by atomic mass is 35.5. The van der Waals surface area contributed by atoms with Crippen LogP contribution < -0.4 is 10.1 Å². The minimum Gasteiger partial charge on any atom is -0.496 e. The van der Waals surface area contributed by atoms with Crippen LogP contribution in [0.5, 0.6) is 5.75 Å². The summed E-state index contributed by atoms with van der Waals surface area (Å²) in [5, 5.41) is 3.88. The molecule has 1 fully saturated rings. The smallest absolute Gasteiger partial charge is 0.167 e. The van der Waals surface area contributed by atoms with Gasteiger partial charge in [-0.2, -0.15) is 0 Å². The number of carbonyl (C=O) groups excluding carboxylic acids is 1. The van der Waals surface area contributed by atoms with Crippen LogP contribution in [0, 0.1) is 6.92 Å². The molecule has 0 atom stereocenters. The second-order valence-corrected chi connectivity index (χ2v) is 5.50. The largest absolute Gasteiger partial charge is 0.496 e. The number of methoxy groups -OCH3 is 1. The monoisotopic (exact) mass is 296 g/mol. The van der Waals surface area contributed by atoms with Crippen molar-refractivity contribution in [1.29, 1.82) is 0 Å². The minimum absolute atomic E-state index is 0.0889. The Balaban J connectivity index is 2.04. The summed E-state index contributed by atoms with van der Waals surface area (Å²) in [6.07, 6.45) is 0.496. The third kappa shape index (κ3) is 3.72. The predicted octanol–water partition coefficient (Wildman–Crippen LogP) is 2.14. The van der Waals surface area contributed by atoms with Gasteiger partial charge in [0.15, 0.2) is 5.78 Å². The van der Waals surface area contributed by atoms with Crippen LogP contribution in [0.2, 0.25) is 5.02 Å². The molecule has 5 heteroatoms. The normalized spacial score (nSPS) is 16.1. The van der Waals surface area contributed by atoms with Gasteiger partial charge in [0.1, 0.15) is 5.75 Å². The van der Waals surface area contributed by atoms with Crippen molar-refractivity contribution in [2.75, 3.05) is 39.8 Å². The molecule has 0 unspecified atom stereocenters. The molecule has 1 aromatic rings. The molecule has 1 aromatic carbocycles. The number of benzene rings is 1. The van der Waals surface area contributed by atoms with Crippen molar-refractivity contribution in [3.63, 3.8) is 0 Å². The molecule has 1 aliphatic rings. The maximum Gasteiger partial charge on any atom is 0.167 e. The van der Waals surface area contributed by atoms with E-state index in [4.69, 9.17) is 16.3 Å². The summed E-state index contributed by atoms with van der Waals surface area (Å²) >= 11 is 6.05. The molecule has 1 saturated heterocycles. The first-order valence-electron chi connectivity index (χ1n) is 6.92. The van der Waals surface area contributed by atoms with Crippen molar-refractivity contribution in [3.8, 4) is 5.75 Å². The van der Waals surface area contributed by atoms with Crippen molar-refractivity contribution >= 4 is 17.4 Å². The van der Waals surface area contributed by atoms with E-state index < -0.39 is 0 Å². The summed E-state index contributed by atoms with van der Waals surface area (Å²) in [4.78, 5) is 14.7. The molecule has 0 saturated carbocycles. The van der Waals surface area contributed by atoms with E-state index in [1.54, 1.807) is 13.2 Å². The Morgan fingerprint density at radius 3 is 2.75 bits per heavy atom. The molecule has 1 N–H and O–H groups in total. The predicted molar refractivity (Wildman–Crippen MR) is 81.0 cm³/mol. The van der Waals surface area contributed by atoms with Crippen LogP contribution in [0.1, 0.15) is 22.3 Å². The molecule has 0 radical (unpaired) electrons. The van der Waals surface area contributed by atoms with E-state index in [2.05, 4.69) is 10.2 Å². The van der Waals surface area contributed by atoms with Crippen LogP contribution >= 0.6 is 11.6 Å². The third-order valence-electron chi connectivity index (χ3n) is 3.61. The number of nitrogens with one attached hydrogen (secondary N) is 1. The Morgan fingerprint density at radius 2 is 2.10 bits per heavy atom. The van der Waals surface area contributed by atoms with Gasteiger partial charge in [-0.1, -0.05) is 11.6 Å². The molecule has 20 heavy (non-hydrogen) atoms. The van der Waals surface area contributed by atoms with Gasteiger partial charge in [-0.05, 0) is 24.6 Å². The van der Waals surface area contributed by atoms with Crippen LogP contribution in [-0.4, -0.2) is 50.5 Å². The van der Waals surface area contributed by atoms with Crippen molar-refractivity contribution in [1.82, 2.24) is 10.2 Å². The lowest BCUT2D eigenvalue weighted by atomic mass is 10.0. The molecule has 0 bridgehead atoms. The first kappa shape index (κ1) is 15.3. The van der Waals surface area contributed by atoms with Gasteiger partial charge in [0.25, 0.3) is 0 Å². The SMILES string of the molecule is COc1c(C)cc(Cl)cc1C(=O)CCN1CCNCC1. The fraction of sp³-hybridized carbons (Fsp3) is 0.533. The lowest BCUT2D eigenvalue weighted by molar-refractivity contribution is 0.0957. The number of nitrogens with zero attached hydrogens (tertiary/aromatic N) is 1. The Labute approximate surface area is 125 Å². The minimum atomic E-state index is 0.0889. The zero-order valence-corrected chi connectivity index (χ0v) is 12.8. The molecule has 0 aromatic heterocycles. The summed E-state index contributed by atoms with van der Waals surface area (Å²) in [5.74, 6) is 0.727. The highest BCUT2D eigenvalue weighted by Crippen LogP contribution is 2.28. The van der Waals surface area contributed by atoms with E-state index in [1.807, 2.05) is 13.0 Å². The quantitative estimate of drug-likeness (QED) is 0.845. The molecular weight excluding hydrogens is 276 g/mol. The number of aryl methyl sites for hydroxylation is 1. The van der Waals surface area contributed by atoms with E-state index in [0.717, 1.165) is 38.3 Å². The van der Waals surface area contributed by atoms with E-state index in [-0.39, 0.29) is 5.78 Å². The van der Waals surface area contributed by atoms with Crippen molar-refractivity contribution in [3.05, 3.63) is 28.3 Å². The number of rotatable bonds is 5. The lowest BCUT2D eigenvalue weighted by Crippen LogP contribution is -2.44. The molecule has 0 amide bonds. The van der Waals surface area contributed by atoms with Crippen LogP contribution in [0.4, 0.5) is 0 Å². The Bertz CT molecular complexity index is 485. The number of carbonyl (C=O) groups is 1. The zero-order valence-electron chi connectivity index (χ0n) is 12.0. The molecule has 1 heterocycles. The van der Waals surface area contributed by atoms with Gasteiger partial charge in [0.2, 0.25) is 0 Å². The number of ether oxygens (including phenoxy) is 1. The third-order valence-corrected chi connectivity index (χ3v) is 3.83. The van der Waals surface area contributed by atoms with Crippen LogP contribution in [0.3, 0.4) is 0 Å². The van der Waals surface area contributed by atoms with Crippen molar-refractivity contribution in [2.45, 2.75) is 13.3 Å². The van der Waals surface area contributed by atoms with Gasteiger partial charge in [0, 0.05) is 44.2 Å². The standard InChI is InChI=1S/C15H21ClN2O2/c1-11-9-12(16)10-13(15(11)20-2)14(19)3-6-18-7-4-17-5-8-18/h9-10,17H,3-8H2,1-2H3. The highest BCUT2D eigenvalue weighted by Gasteiger charge is 2.17. The number of ketones is 1. The molecule has 1 aliphatic heterocycles. The molecule has 4 nitrogen and oxygen atoms in total. The Morgan fingerprint density at radius 1 is 1.40 bits per heavy atom. The maximum absolute atomic E-state index is 12.4. The van der Waals surface area contributed by atoms with E-state index in [0.29, 0.717) is 22.8 Å². The Kier molecular flexibility index (Phi) is 5.40. The van der Waals surface area contributed by atoms with Gasteiger partial charge in [-0.15, -0.1) is 0 Å². The summed E-state index contributed by atoms with van der Waals surface area (Å²) in [6, 6.07) is 3.51. The molecular formula is C15H21ClN2O2. The van der Waals surface area contributed by atoms with Gasteiger partial charge < -0.3 is 15.0 Å². The summed E-state index contributed by atoms with van der Waals surface area (Å²) in [5.41, 5.74) is 1.48. The van der Waals surface area contributed by atoms with E-state index in [9.17, 15) is 4.79 Å². The van der Waals surface area contributed by atoms with Gasteiger partial charge in [0.05, 0.1) is 12.7 Å². The fourth-order valence-corrected chi connectivity index (χ4v) is 2.81. The summed E-state index contributed by atoms with van der Waals surface area (Å²) < 4.78 is 5.34. The lowest BCUT2D eigenvalue weighted by Gasteiger charge is -2.26. The second kappa shape index (κ2) is 7.07. The fourth-order valence-electron chi connectivity index (χ4n) is 2.54. The topological polar surface area (TPSA) is 41.6 Å². The van der Waals surface area contributed by atoms with Gasteiger partial charge in [-0.25, -0.2) is 0 Å². The summed E-state index contributed by atoms with van der Waals surface area (Å²) in [7, 11) is 1.59. The van der Waals surface area contributed by atoms with Crippen LogP contribution in [-0.2, 0) is 0 Å². The van der Waals surface area contributed by atoms with Crippen LogP contribution in [0.25, 0.3) is 0 Å². The number of hydrogen-bond donors (Lipinski definition) is 1. The molecule has 110 valence electrons. The Hall–Kier alpha value is -1.10. The molecule has 2 rings (SSSR count). The van der Waals surface area contributed by atoms with Gasteiger partial charge in [-0.3, -0.25) is 4.79 Å². The first-order valence-corrected chi connectivity index (χ1v) is 7.30. The van der Waals surface area contributed by atoms with E-state index in [1.165, 1.54) is 0 Å². The van der Waals surface area contributed by atoms with Crippen molar-refractivity contribution < 1.29 is 9.53 Å². The number of halogens is 1. The van der Waals surface area contributed by atoms with Crippen LogP contribution in [0.15, 0.2) is 12.1 Å². The highest BCUT2D eigenvalue weighted by molar-refractivity contribution is 6.31. The average Bonchev–Trinajstić information content (AvgIpc) is 2.45. The maximum atomic E-state index is 12.4. The van der Waals surface area contributed by atoms with E-state index >= 15 is 0 Å².